The number of hydrogen-bond donors (Lipinski definition) is 0. The lowest BCUT2D eigenvalue weighted by molar-refractivity contribution is -0.0840. The lowest BCUT2D eigenvalue weighted by Crippen LogP contribution is -2.27. The highest BCUT2D eigenvalue weighted by Gasteiger charge is 2.24. The Balaban J connectivity index is 1.51. The Bertz CT molecular complexity index is 420. The van der Waals surface area contributed by atoms with Crippen LogP contribution in [0.3, 0.4) is 0 Å². The van der Waals surface area contributed by atoms with E-state index < -0.39 is 0 Å². The summed E-state index contributed by atoms with van der Waals surface area (Å²) in [4.78, 5) is 0. The third-order valence-corrected chi connectivity index (χ3v) is 5.96. The van der Waals surface area contributed by atoms with Crippen molar-refractivity contribution in [2.45, 2.75) is 83.3 Å². The summed E-state index contributed by atoms with van der Waals surface area (Å²) in [7, 11) is 0. The van der Waals surface area contributed by atoms with Gasteiger partial charge in [0.1, 0.15) is 0 Å². The zero-order valence-corrected chi connectivity index (χ0v) is 15.5. The first-order chi connectivity index (χ1) is 11.8. The van der Waals surface area contributed by atoms with Crippen molar-refractivity contribution in [3.8, 4) is 0 Å². The standard InChI is InChI=1S/C22H34O2/c1-3-5-17-6-8-18(9-7-17)19-10-12-20(13-11-19)22-15-14-21(16-24-22)23-4-2/h10-13,17-18,21-22H,3-9,14-16H2,1-2H3. The molecule has 0 aromatic heterocycles. The molecule has 24 heavy (non-hydrogen) atoms. The van der Waals surface area contributed by atoms with Crippen molar-refractivity contribution in [2.24, 2.45) is 5.92 Å². The highest BCUT2D eigenvalue weighted by Crippen LogP contribution is 2.38. The maximum Gasteiger partial charge on any atom is 0.0827 e. The van der Waals surface area contributed by atoms with Gasteiger partial charge in [-0.2, -0.15) is 0 Å². The summed E-state index contributed by atoms with van der Waals surface area (Å²) < 4.78 is 11.7. The molecule has 2 nitrogen and oxygen atoms in total. The molecule has 1 aliphatic heterocycles. The SMILES string of the molecule is CCCC1CCC(c2ccc(C3CCC(OCC)CO3)cc2)CC1. The molecule has 3 rings (SSSR count). The van der Waals surface area contributed by atoms with E-state index >= 15 is 0 Å². The first kappa shape index (κ1) is 17.9. The second kappa shape index (κ2) is 9.01. The fraction of sp³-hybridized carbons (Fsp3) is 0.727. The lowest BCUT2D eigenvalue weighted by Gasteiger charge is -2.30. The molecule has 1 aromatic carbocycles. The molecule has 0 spiro atoms. The van der Waals surface area contributed by atoms with Gasteiger partial charge < -0.3 is 9.47 Å². The summed E-state index contributed by atoms with van der Waals surface area (Å²) >= 11 is 0. The van der Waals surface area contributed by atoms with Crippen molar-refractivity contribution >= 4 is 0 Å². The fourth-order valence-corrected chi connectivity index (χ4v) is 4.53. The van der Waals surface area contributed by atoms with Crippen LogP contribution < -0.4 is 0 Å². The Morgan fingerprint density at radius 2 is 1.62 bits per heavy atom. The molecule has 0 amide bonds. The molecular weight excluding hydrogens is 296 g/mol. The Morgan fingerprint density at radius 3 is 2.21 bits per heavy atom. The van der Waals surface area contributed by atoms with E-state index in [1.807, 2.05) is 0 Å². The van der Waals surface area contributed by atoms with Crippen LogP contribution in [0.4, 0.5) is 0 Å². The van der Waals surface area contributed by atoms with Gasteiger partial charge >= 0.3 is 0 Å². The van der Waals surface area contributed by atoms with Gasteiger partial charge in [-0.15, -0.1) is 0 Å². The molecule has 1 saturated heterocycles. The summed E-state index contributed by atoms with van der Waals surface area (Å²) in [5.74, 6) is 1.77. The smallest absolute Gasteiger partial charge is 0.0827 e. The van der Waals surface area contributed by atoms with Gasteiger partial charge in [-0.3, -0.25) is 0 Å². The van der Waals surface area contributed by atoms with Crippen LogP contribution in [0.1, 0.15) is 88.4 Å². The Kier molecular flexibility index (Phi) is 6.74. The van der Waals surface area contributed by atoms with Crippen molar-refractivity contribution < 1.29 is 9.47 Å². The van der Waals surface area contributed by atoms with Gasteiger partial charge in [0.25, 0.3) is 0 Å². The first-order valence-corrected chi connectivity index (χ1v) is 10.1. The van der Waals surface area contributed by atoms with Crippen LogP contribution in [-0.4, -0.2) is 19.3 Å². The van der Waals surface area contributed by atoms with Gasteiger partial charge in [0.2, 0.25) is 0 Å². The van der Waals surface area contributed by atoms with E-state index in [0.29, 0.717) is 6.10 Å². The molecule has 2 fully saturated rings. The third kappa shape index (κ3) is 4.61. The summed E-state index contributed by atoms with van der Waals surface area (Å²) in [6, 6.07) is 9.33. The highest BCUT2D eigenvalue weighted by atomic mass is 16.5. The zero-order valence-electron chi connectivity index (χ0n) is 15.5. The van der Waals surface area contributed by atoms with Gasteiger partial charge in [0.05, 0.1) is 18.8 Å². The van der Waals surface area contributed by atoms with E-state index in [-0.39, 0.29) is 6.10 Å². The second-order valence-electron chi connectivity index (χ2n) is 7.65. The van der Waals surface area contributed by atoms with Crippen LogP contribution in [0.15, 0.2) is 24.3 Å². The van der Waals surface area contributed by atoms with Gasteiger partial charge in [-0.1, -0.05) is 44.0 Å². The Hall–Kier alpha value is -0.860. The second-order valence-corrected chi connectivity index (χ2v) is 7.65. The minimum Gasteiger partial charge on any atom is -0.376 e. The number of benzene rings is 1. The largest absolute Gasteiger partial charge is 0.376 e. The monoisotopic (exact) mass is 330 g/mol. The molecule has 1 aromatic rings. The quantitative estimate of drug-likeness (QED) is 0.635. The van der Waals surface area contributed by atoms with Gasteiger partial charge in [0, 0.05) is 6.61 Å². The molecular formula is C22H34O2. The van der Waals surface area contributed by atoms with Crippen molar-refractivity contribution in [1.29, 1.82) is 0 Å². The van der Waals surface area contributed by atoms with Crippen LogP contribution in [-0.2, 0) is 9.47 Å². The van der Waals surface area contributed by atoms with Crippen molar-refractivity contribution in [1.82, 2.24) is 0 Å². The van der Waals surface area contributed by atoms with Gasteiger partial charge in [0.15, 0.2) is 0 Å². The molecule has 2 aliphatic rings. The van der Waals surface area contributed by atoms with Crippen LogP contribution in [0, 0.1) is 5.92 Å². The lowest BCUT2D eigenvalue weighted by atomic mass is 9.77. The molecule has 0 bridgehead atoms. The molecule has 2 heteroatoms. The van der Waals surface area contributed by atoms with Gasteiger partial charge in [-0.25, -0.2) is 0 Å². The topological polar surface area (TPSA) is 18.5 Å². The predicted molar refractivity (Wildman–Crippen MR) is 99.4 cm³/mol. The summed E-state index contributed by atoms with van der Waals surface area (Å²) in [5, 5.41) is 0. The average molecular weight is 331 g/mol. The molecule has 1 saturated carbocycles. The first-order valence-electron chi connectivity index (χ1n) is 10.1. The predicted octanol–water partition coefficient (Wildman–Crippen LogP) is 6.02. The molecule has 1 heterocycles. The molecule has 134 valence electrons. The summed E-state index contributed by atoms with van der Waals surface area (Å²) in [6.07, 6.45) is 11.1. The van der Waals surface area contributed by atoms with E-state index in [2.05, 4.69) is 38.1 Å². The van der Waals surface area contributed by atoms with E-state index in [1.54, 1.807) is 0 Å². The van der Waals surface area contributed by atoms with E-state index in [4.69, 9.17) is 9.47 Å². The van der Waals surface area contributed by atoms with Crippen LogP contribution in [0.2, 0.25) is 0 Å². The van der Waals surface area contributed by atoms with Crippen molar-refractivity contribution in [3.63, 3.8) is 0 Å². The minimum atomic E-state index is 0.260. The highest BCUT2D eigenvalue weighted by molar-refractivity contribution is 5.27. The molecule has 2 unspecified atom stereocenters. The van der Waals surface area contributed by atoms with E-state index in [1.165, 1.54) is 49.7 Å². The van der Waals surface area contributed by atoms with E-state index in [0.717, 1.165) is 37.9 Å². The third-order valence-electron chi connectivity index (χ3n) is 5.96. The fourth-order valence-electron chi connectivity index (χ4n) is 4.53. The van der Waals surface area contributed by atoms with Crippen molar-refractivity contribution in [3.05, 3.63) is 35.4 Å². The summed E-state index contributed by atoms with van der Waals surface area (Å²) in [5.41, 5.74) is 2.88. The Labute approximate surface area is 147 Å². The number of rotatable bonds is 6. The van der Waals surface area contributed by atoms with E-state index in [9.17, 15) is 0 Å². The molecule has 0 N–H and O–H groups in total. The van der Waals surface area contributed by atoms with Crippen LogP contribution in [0.5, 0.6) is 0 Å². The normalized spacial score (nSPS) is 31.1. The number of ether oxygens (including phenoxy) is 2. The molecule has 0 radical (unpaired) electrons. The molecule has 1 aliphatic carbocycles. The average Bonchev–Trinajstić information content (AvgIpc) is 2.64. The summed E-state index contributed by atoms with van der Waals surface area (Å²) in [6.45, 7) is 5.89. The molecule has 2 atom stereocenters. The Morgan fingerprint density at radius 1 is 0.917 bits per heavy atom. The maximum atomic E-state index is 6.03. The maximum absolute atomic E-state index is 6.03. The number of hydrogen-bond acceptors (Lipinski definition) is 2. The van der Waals surface area contributed by atoms with Crippen molar-refractivity contribution in [2.75, 3.05) is 13.2 Å². The minimum absolute atomic E-state index is 0.260. The van der Waals surface area contributed by atoms with Crippen LogP contribution >= 0.6 is 0 Å². The van der Waals surface area contributed by atoms with Crippen LogP contribution in [0.25, 0.3) is 0 Å². The van der Waals surface area contributed by atoms with Gasteiger partial charge in [-0.05, 0) is 68.4 Å². The zero-order chi connectivity index (χ0) is 16.8.